The zero-order valence-corrected chi connectivity index (χ0v) is 13.9. The fourth-order valence-corrected chi connectivity index (χ4v) is 3.90. The van der Waals surface area contributed by atoms with E-state index in [9.17, 15) is 0 Å². The molecule has 0 saturated carbocycles. The number of halogens is 1. The number of anilines is 1. The van der Waals surface area contributed by atoms with Gasteiger partial charge in [-0.2, -0.15) is 0 Å². The van der Waals surface area contributed by atoms with E-state index < -0.39 is 0 Å². The second-order valence-electron chi connectivity index (χ2n) is 6.06. The molecule has 2 heterocycles. The fraction of sp³-hybridized carbons (Fsp3) is 0.562. The predicted octanol–water partition coefficient (Wildman–Crippen LogP) is 2.80. The Kier molecular flexibility index (Phi) is 4.50. The van der Waals surface area contributed by atoms with Crippen molar-refractivity contribution in [2.24, 2.45) is 5.73 Å². The minimum Gasteiger partial charge on any atom is -0.384 e. The highest BCUT2D eigenvalue weighted by atomic mass is 79.9. The Morgan fingerprint density at radius 3 is 2.67 bits per heavy atom. The van der Waals surface area contributed by atoms with Gasteiger partial charge in [-0.25, -0.2) is 0 Å². The van der Waals surface area contributed by atoms with Gasteiger partial charge in [-0.1, -0.05) is 22.4 Å². The summed E-state index contributed by atoms with van der Waals surface area (Å²) < 4.78 is 0.975. The van der Waals surface area contributed by atoms with Gasteiger partial charge in [0.25, 0.3) is 0 Å². The Hall–Kier alpha value is -1.07. The largest absolute Gasteiger partial charge is 0.384 e. The molecule has 0 radical (unpaired) electrons. The summed E-state index contributed by atoms with van der Waals surface area (Å²) in [6, 6.07) is 6.73. The molecule has 2 aliphatic heterocycles. The van der Waals surface area contributed by atoms with Gasteiger partial charge < -0.3 is 10.6 Å². The monoisotopic (exact) mass is 350 g/mol. The smallest absolute Gasteiger partial charge is 0.124 e. The highest BCUT2D eigenvalue weighted by Gasteiger charge is 2.29. The van der Waals surface area contributed by atoms with Gasteiger partial charge in [0.2, 0.25) is 0 Å². The number of likely N-dealkylation sites (tertiary alicyclic amines) is 1. The molecule has 4 nitrogen and oxygen atoms in total. The normalized spacial score (nSPS) is 23.5. The minimum absolute atomic E-state index is 0.146. The molecular weight excluding hydrogens is 328 g/mol. The van der Waals surface area contributed by atoms with E-state index in [1.807, 2.05) is 12.1 Å². The molecule has 3 N–H and O–H groups in total. The number of hydrogen-bond acceptors (Lipinski definition) is 3. The van der Waals surface area contributed by atoms with Crippen molar-refractivity contribution in [2.75, 3.05) is 31.1 Å². The van der Waals surface area contributed by atoms with Crippen LogP contribution in [0.1, 0.15) is 31.2 Å². The van der Waals surface area contributed by atoms with Crippen molar-refractivity contribution < 1.29 is 0 Å². The van der Waals surface area contributed by atoms with Crippen molar-refractivity contribution in [1.82, 2.24) is 4.90 Å². The third-order valence-corrected chi connectivity index (χ3v) is 5.15. The molecule has 0 spiro atoms. The fourth-order valence-electron chi connectivity index (χ4n) is 3.54. The Bertz CT molecular complexity index is 525. The molecule has 1 aromatic carbocycles. The van der Waals surface area contributed by atoms with Crippen molar-refractivity contribution in [3.05, 3.63) is 28.2 Å². The van der Waals surface area contributed by atoms with E-state index >= 15 is 0 Å². The lowest BCUT2D eigenvalue weighted by Crippen LogP contribution is -2.41. The Balaban J connectivity index is 1.75. The molecule has 2 fully saturated rings. The zero-order valence-electron chi connectivity index (χ0n) is 12.3. The van der Waals surface area contributed by atoms with Crippen molar-refractivity contribution in [3.63, 3.8) is 0 Å². The number of rotatable bonds is 3. The number of benzene rings is 1. The van der Waals surface area contributed by atoms with E-state index in [0.29, 0.717) is 6.04 Å². The van der Waals surface area contributed by atoms with Crippen LogP contribution >= 0.6 is 15.9 Å². The average Bonchev–Trinajstić information content (AvgIpc) is 2.97. The SMILES string of the molecule is N=C(N)c1cc(Br)ccc1N1CCC(N2CCCCC2)C1. The summed E-state index contributed by atoms with van der Waals surface area (Å²) in [6.45, 7) is 4.61. The van der Waals surface area contributed by atoms with Gasteiger partial charge in [0.1, 0.15) is 5.84 Å². The first kappa shape index (κ1) is 14.9. The molecule has 0 aliphatic carbocycles. The van der Waals surface area contributed by atoms with E-state index in [-0.39, 0.29) is 5.84 Å². The highest BCUT2D eigenvalue weighted by Crippen LogP contribution is 2.29. The van der Waals surface area contributed by atoms with E-state index in [0.717, 1.165) is 28.8 Å². The first-order valence-corrected chi connectivity index (χ1v) is 8.57. The van der Waals surface area contributed by atoms with Crippen LogP contribution < -0.4 is 10.6 Å². The van der Waals surface area contributed by atoms with Crippen LogP contribution in [0.15, 0.2) is 22.7 Å². The van der Waals surface area contributed by atoms with Gasteiger partial charge in [-0.15, -0.1) is 0 Å². The van der Waals surface area contributed by atoms with Crippen LogP contribution in [0.5, 0.6) is 0 Å². The highest BCUT2D eigenvalue weighted by molar-refractivity contribution is 9.10. The van der Waals surface area contributed by atoms with E-state index in [2.05, 4.69) is 31.8 Å². The van der Waals surface area contributed by atoms with Crippen molar-refractivity contribution in [2.45, 2.75) is 31.7 Å². The van der Waals surface area contributed by atoms with E-state index in [1.165, 1.54) is 38.8 Å². The summed E-state index contributed by atoms with van der Waals surface area (Å²) in [5, 5.41) is 7.80. The quantitative estimate of drug-likeness (QED) is 0.650. The van der Waals surface area contributed by atoms with Crippen molar-refractivity contribution >= 4 is 27.5 Å². The molecule has 3 rings (SSSR count). The Morgan fingerprint density at radius 2 is 1.95 bits per heavy atom. The maximum absolute atomic E-state index is 7.80. The number of nitrogens with one attached hydrogen (secondary N) is 1. The predicted molar refractivity (Wildman–Crippen MR) is 91.2 cm³/mol. The van der Waals surface area contributed by atoms with E-state index in [4.69, 9.17) is 11.1 Å². The molecular formula is C16H23BrN4. The first-order valence-electron chi connectivity index (χ1n) is 7.78. The lowest BCUT2D eigenvalue weighted by atomic mass is 10.1. The molecule has 21 heavy (non-hydrogen) atoms. The zero-order chi connectivity index (χ0) is 14.8. The maximum Gasteiger partial charge on any atom is 0.124 e. The van der Waals surface area contributed by atoms with Crippen LogP contribution in [-0.4, -0.2) is 43.0 Å². The molecule has 2 aliphatic rings. The van der Waals surface area contributed by atoms with Gasteiger partial charge in [0.05, 0.1) is 0 Å². The van der Waals surface area contributed by atoms with Gasteiger partial charge in [0.15, 0.2) is 0 Å². The summed E-state index contributed by atoms with van der Waals surface area (Å²) in [4.78, 5) is 5.04. The van der Waals surface area contributed by atoms with Crippen LogP contribution in [0.2, 0.25) is 0 Å². The molecule has 1 aromatic rings. The second kappa shape index (κ2) is 6.36. The number of nitrogens with zero attached hydrogens (tertiary/aromatic N) is 2. The summed E-state index contributed by atoms with van der Waals surface area (Å²) in [5.41, 5.74) is 7.69. The molecule has 1 atom stereocenters. The molecule has 114 valence electrons. The van der Waals surface area contributed by atoms with Gasteiger partial charge in [-0.3, -0.25) is 10.3 Å². The van der Waals surface area contributed by atoms with Crippen molar-refractivity contribution in [1.29, 1.82) is 5.41 Å². The second-order valence-corrected chi connectivity index (χ2v) is 6.98. The van der Waals surface area contributed by atoms with Gasteiger partial charge in [0, 0.05) is 34.9 Å². The Labute approximate surface area is 134 Å². The van der Waals surface area contributed by atoms with Crippen LogP contribution in [0.3, 0.4) is 0 Å². The Morgan fingerprint density at radius 1 is 1.19 bits per heavy atom. The van der Waals surface area contributed by atoms with Crippen LogP contribution in [0.25, 0.3) is 0 Å². The summed E-state index contributed by atoms with van der Waals surface area (Å²) in [6.07, 6.45) is 5.28. The summed E-state index contributed by atoms with van der Waals surface area (Å²) >= 11 is 3.47. The standard InChI is InChI=1S/C16H23BrN4/c17-12-4-5-15(14(10-12)16(18)19)21-9-6-13(11-21)20-7-2-1-3-8-20/h4-5,10,13H,1-3,6-9,11H2,(H3,18,19). The third kappa shape index (κ3) is 3.24. The number of nitrogen functional groups attached to an aromatic ring is 1. The molecule has 0 amide bonds. The topological polar surface area (TPSA) is 56.4 Å². The first-order chi connectivity index (χ1) is 10.1. The molecule has 1 unspecified atom stereocenters. The van der Waals surface area contributed by atoms with Gasteiger partial charge >= 0.3 is 0 Å². The maximum atomic E-state index is 7.80. The lowest BCUT2D eigenvalue weighted by Gasteiger charge is -2.32. The van der Waals surface area contributed by atoms with Gasteiger partial charge in [-0.05, 0) is 50.6 Å². The molecule has 0 aromatic heterocycles. The van der Waals surface area contributed by atoms with Crippen LogP contribution in [0.4, 0.5) is 5.69 Å². The van der Waals surface area contributed by atoms with Crippen LogP contribution in [0, 0.1) is 5.41 Å². The number of nitrogens with two attached hydrogens (primary N) is 1. The lowest BCUT2D eigenvalue weighted by molar-refractivity contribution is 0.175. The van der Waals surface area contributed by atoms with Crippen molar-refractivity contribution in [3.8, 4) is 0 Å². The summed E-state index contributed by atoms with van der Waals surface area (Å²) in [7, 11) is 0. The van der Waals surface area contributed by atoms with Crippen LogP contribution in [-0.2, 0) is 0 Å². The number of piperidine rings is 1. The number of hydrogen-bond donors (Lipinski definition) is 2. The van der Waals surface area contributed by atoms with E-state index in [1.54, 1.807) is 0 Å². The molecule has 2 saturated heterocycles. The minimum atomic E-state index is 0.146. The third-order valence-electron chi connectivity index (χ3n) is 4.66. The molecule has 0 bridgehead atoms. The average molecular weight is 351 g/mol. The summed E-state index contributed by atoms with van der Waals surface area (Å²) in [5.74, 6) is 0.146. The number of amidine groups is 1. The molecule has 5 heteroatoms.